The van der Waals surface area contributed by atoms with Gasteiger partial charge >= 0.3 is 0 Å². The molecule has 3 aromatic rings. The molecule has 1 N–H and O–H groups in total. The van der Waals surface area contributed by atoms with Crippen LogP contribution in [0.4, 0.5) is 5.69 Å². The Bertz CT molecular complexity index is 1390. The Morgan fingerprint density at radius 1 is 0.872 bits per heavy atom. The molecule has 7 nitrogen and oxygen atoms in total. The lowest BCUT2D eigenvalue weighted by Gasteiger charge is -2.33. The van der Waals surface area contributed by atoms with Gasteiger partial charge in [-0.05, 0) is 74.6 Å². The van der Waals surface area contributed by atoms with Crippen LogP contribution >= 0.6 is 0 Å². The monoisotopic (exact) mass is 549 g/mol. The zero-order valence-corrected chi connectivity index (χ0v) is 24.3. The Hall–Kier alpha value is -3.65. The van der Waals surface area contributed by atoms with Crippen molar-refractivity contribution in [2.24, 2.45) is 0 Å². The molecular weight excluding hydrogens is 510 g/mol. The summed E-state index contributed by atoms with van der Waals surface area (Å²) in [6.45, 7) is 9.89. The number of hydrogen-bond donors (Lipinski definition) is 1. The van der Waals surface area contributed by atoms with Crippen LogP contribution in [0.5, 0.6) is 0 Å². The third-order valence-corrected chi connectivity index (χ3v) is 8.55. The highest BCUT2D eigenvalue weighted by atomic mass is 32.2. The van der Waals surface area contributed by atoms with E-state index in [9.17, 15) is 18.0 Å². The number of rotatable bonds is 12. The second-order valence-corrected chi connectivity index (χ2v) is 11.7. The van der Waals surface area contributed by atoms with Crippen LogP contribution in [-0.2, 0) is 26.2 Å². The molecule has 0 unspecified atom stereocenters. The molecule has 0 aliphatic rings. The number of carbonyl (C=O) groups is 2. The van der Waals surface area contributed by atoms with Crippen molar-refractivity contribution >= 4 is 27.5 Å². The number of aryl methyl sites for hydroxylation is 3. The Morgan fingerprint density at radius 2 is 1.59 bits per heavy atom. The molecule has 0 aromatic heterocycles. The summed E-state index contributed by atoms with van der Waals surface area (Å²) in [6, 6.07) is 20.4. The van der Waals surface area contributed by atoms with E-state index in [-0.39, 0.29) is 17.3 Å². The molecule has 0 saturated carbocycles. The average Bonchev–Trinajstić information content (AvgIpc) is 2.92. The van der Waals surface area contributed by atoms with E-state index in [1.807, 2.05) is 65.0 Å². The van der Waals surface area contributed by atoms with Gasteiger partial charge in [-0.25, -0.2) is 8.42 Å². The van der Waals surface area contributed by atoms with E-state index in [2.05, 4.69) is 5.32 Å². The van der Waals surface area contributed by atoms with Crippen LogP contribution in [0.1, 0.15) is 48.9 Å². The van der Waals surface area contributed by atoms with Crippen LogP contribution in [-0.4, -0.2) is 44.3 Å². The van der Waals surface area contributed by atoms with Gasteiger partial charge in [-0.1, -0.05) is 67.9 Å². The zero-order chi connectivity index (χ0) is 28.6. The Morgan fingerprint density at radius 3 is 2.21 bits per heavy atom. The minimum absolute atomic E-state index is 0.0917. The fourth-order valence-corrected chi connectivity index (χ4v) is 5.85. The standard InChI is InChI=1S/C31H39N3O4S/c1-6-18-32-31(36)29(7-2)33(21-26-13-11-12-23(3)19-26)30(35)22-34(27-17-16-24(4)25(5)20-27)39(37,38)28-14-9-8-10-15-28/h8-17,19-20,29H,6-7,18,21-22H2,1-5H3,(H,32,36)/t29-/m1/s1. The first-order valence-electron chi connectivity index (χ1n) is 13.4. The number of amides is 2. The molecule has 3 rings (SSSR count). The van der Waals surface area contributed by atoms with Crippen molar-refractivity contribution in [2.45, 2.75) is 64.9 Å². The summed E-state index contributed by atoms with van der Waals surface area (Å²) in [7, 11) is -4.07. The Balaban J connectivity index is 2.06. The molecule has 0 saturated heterocycles. The van der Waals surface area contributed by atoms with Crippen LogP contribution in [0.2, 0.25) is 0 Å². The van der Waals surface area contributed by atoms with E-state index < -0.39 is 28.5 Å². The smallest absolute Gasteiger partial charge is 0.264 e. The minimum atomic E-state index is -4.07. The molecule has 0 aliphatic heterocycles. The summed E-state index contributed by atoms with van der Waals surface area (Å²) in [5.74, 6) is -0.697. The number of benzene rings is 3. The molecule has 39 heavy (non-hydrogen) atoms. The van der Waals surface area contributed by atoms with Gasteiger partial charge in [0.1, 0.15) is 12.6 Å². The van der Waals surface area contributed by atoms with Crippen LogP contribution < -0.4 is 9.62 Å². The van der Waals surface area contributed by atoms with E-state index in [0.29, 0.717) is 18.7 Å². The molecule has 3 aromatic carbocycles. The van der Waals surface area contributed by atoms with Crippen LogP contribution in [0, 0.1) is 20.8 Å². The van der Waals surface area contributed by atoms with Crippen LogP contribution in [0.3, 0.4) is 0 Å². The predicted molar refractivity (Wildman–Crippen MR) is 156 cm³/mol. The quantitative estimate of drug-likeness (QED) is 0.339. The van der Waals surface area contributed by atoms with Gasteiger partial charge in [-0.15, -0.1) is 0 Å². The lowest BCUT2D eigenvalue weighted by atomic mass is 10.1. The van der Waals surface area contributed by atoms with Crippen molar-refractivity contribution in [2.75, 3.05) is 17.4 Å². The zero-order valence-electron chi connectivity index (χ0n) is 23.5. The summed E-state index contributed by atoms with van der Waals surface area (Å²) in [5.41, 5.74) is 4.23. The molecule has 1 atom stereocenters. The van der Waals surface area contributed by atoms with Gasteiger partial charge in [-0.3, -0.25) is 13.9 Å². The lowest BCUT2D eigenvalue weighted by Crippen LogP contribution is -2.52. The maximum atomic E-state index is 14.1. The first kappa shape index (κ1) is 29.9. The van der Waals surface area contributed by atoms with E-state index in [0.717, 1.165) is 33.0 Å². The van der Waals surface area contributed by atoms with Crippen molar-refractivity contribution in [3.63, 3.8) is 0 Å². The van der Waals surface area contributed by atoms with Gasteiger partial charge in [0.15, 0.2) is 0 Å². The van der Waals surface area contributed by atoms with Crippen LogP contribution in [0.15, 0.2) is 77.7 Å². The van der Waals surface area contributed by atoms with Gasteiger partial charge in [0.25, 0.3) is 10.0 Å². The fraction of sp³-hybridized carbons (Fsp3) is 0.355. The highest BCUT2D eigenvalue weighted by Crippen LogP contribution is 2.26. The molecule has 0 radical (unpaired) electrons. The number of carbonyl (C=O) groups excluding carboxylic acids is 2. The van der Waals surface area contributed by atoms with Crippen LogP contribution in [0.25, 0.3) is 0 Å². The summed E-state index contributed by atoms with van der Waals surface area (Å²) in [5, 5.41) is 2.91. The molecular formula is C31H39N3O4S. The van der Waals surface area contributed by atoms with Gasteiger partial charge in [-0.2, -0.15) is 0 Å². The molecule has 208 valence electrons. The van der Waals surface area contributed by atoms with Gasteiger partial charge in [0.05, 0.1) is 10.6 Å². The van der Waals surface area contributed by atoms with Crippen molar-refractivity contribution < 1.29 is 18.0 Å². The molecule has 0 heterocycles. The Kier molecular flexibility index (Phi) is 10.3. The molecule has 0 fully saturated rings. The first-order chi connectivity index (χ1) is 18.6. The first-order valence-corrected chi connectivity index (χ1v) is 14.8. The number of nitrogens with one attached hydrogen (secondary N) is 1. The normalized spacial score (nSPS) is 12.0. The number of sulfonamides is 1. The van der Waals surface area contributed by atoms with E-state index >= 15 is 0 Å². The van der Waals surface area contributed by atoms with Crippen molar-refractivity contribution in [1.82, 2.24) is 10.2 Å². The molecule has 8 heteroatoms. The van der Waals surface area contributed by atoms with Gasteiger partial charge in [0, 0.05) is 13.1 Å². The summed E-state index contributed by atoms with van der Waals surface area (Å²) < 4.78 is 28.9. The predicted octanol–water partition coefficient (Wildman–Crippen LogP) is 5.14. The number of nitrogens with zero attached hydrogens (tertiary/aromatic N) is 2. The number of hydrogen-bond acceptors (Lipinski definition) is 4. The SMILES string of the molecule is CCCNC(=O)[C@@H](CC)N(Cc1cccc(C)c1)C(=O)CN(c1ccc(C)c(C)c1)S(=O)(=O)c1ccccc1. The summed E-state index contributed by atoms with van der Waals surface area (Å²) in [4.78, 5) is 28.8. The van der Waals surface area contributed by atoms with Crippen molar-refractivity contribution in [3.05, 3.63) is 95.1 Å². The lowest BCUT2D eigenvalue weighted by molar-refractivity contribution is -0.140. The van der Waals surface area contributed by atoms with E-state index in [4.69, 9.17) is 0 Å². The fourth-order valence-electron chi connectivity index (χ4n) is 4.42. The molecule has 0 bridgehead atoms. The Labute approximate surface area is 232 Å². The summed E-state index contributed by atoms with van der Waals surface area (Å²) >= 11 is 0. The highest BCUT2D eigenvalue weighted by molar-refractivity contribution is 7.92. The van der Waals surface area contributed by atoms with Gasteiger partial charge in [0.2, 0.25) is 11.8 Å². The third kappa shape index (κ3) is 7.47. The van der Waals surface area contributed by atoms with E-state index in [1.165, 1.54) is 17.0 Å². The second-order valence-electron chi connectivity index (χ2n) is 9.82. The summed E-state index contributed by atoms with van der Waals surface area (Å²) in [6.07, 6.45) is 1.16. The van der Waals surface area contributed by atoms with Crippen molar-refractivity contribution in [3.8, 4) is 0 Å². The molecule has 2 amide bonds. The topological polar surface area (TPSA) is 86.8 Å². The number of anilines is 1. The third-order valence-electron chi connectivity index (χ3n) is 6.76. The highest BCUT2D eigenvalue weighted by Gasteiger charge is 2.33. The second kappa shape index (κ2) is 13.4. The minimum Gasteiger partial charge on any atom is -0.354 e. The van der Waals surface area contributed by atoms with E-state index in [1.54, 1.807) is 30.3 Å². The van der Waals surface area contributed by atoms with Gasteiger partial charge < -0.3 is 10.2 Å². The molecule has 0 spiro atoms. The molecule has 0 aliphatic carbocycles. The van der Waals surface area contributed by atoms with Crippen molar-refractivity contribution in [1.29, 1.82) is 0 Å². The maximum Gasteiger partial charge on any atom is 0.264 e. The maximum absolute atomic E-state index is 14.1. The largest absolute Gasteiger partial charge is 0.354 e. The average molecular weight is 550 g/mol.